The lowest BCUT2D eigenvalue weighted by Gasteiger charge is -2.47. The predicted molar refractivity (Wildman–Crippen MR) is 516 cm³/mol. The number of rotatable bonds is 35. The Morgan fingerprint density at radius 3 is 0.503 bits per heavy atom. The van der Waals surface area contributed by atoms with Crippen molar-refractivity contribution < 1.29 is 157 Å². The van der Waals surface area contributed by atoms with Crippen LogP contribution in [0.15, 0.2) is 364 Å². The fraction of sp³-hybridized carbons (Fsp3) is 0.227. The maximum Gasteiger partial charge on any atom is 0.338 e. The van der Waals surface area contributed by atoms with E-state index in [0.29, 0.717) is 0 Å². The summed E-state index contributed by atoms with van der Waals surface area (Å²) in [5.74, 6) is -15.1. The molecule has 20 atom stereocenters. The molecule has 0 aromatic heterocycles. The summed E-state index contributed by atoms with van der Waals surface area (Å²) in [5, 5.41) is 20.6. The van der Waals surface area contributed by atoms with Crippen LogP contribution in [-0.2, 0) is 94.7 Å². The molecule has 147 heavy (non-hydrogen) atoms. The number of benzene rings is 12. The monoisotopic (exact) mass is 2060 g/mol. The van der Waals surface area contributed by atoms with Gasteiger partial charge in [0.25, 0.3) is 3.79 Å². The molecule has 4 saturated heterocycles. The lowest BCUT2D eigenvalue weighted by atomic mass is 9.96. The Labute approximate surface area is 854 Å². The topological polar surface area (TPSA) is 434 Å². The normalized spacial score (nSPS) is 23.5. The average Bonchev–Trinajstić information content (AvgIpc) is 0.768. The van der Waals surface area contributed by atoms with Gasteiger partial charge in [0, 0.05) is 0 Å². The van der Waals surface area contributed by atoms with Crippen molar-refractivity contribution in [3.05, 3.63) is 431 Å². The van der Waals surface area contributed by atoms with Crippen LogP contribution in [0, 0.1) is 5.41 Å². The first-order chi connectivity index (χ1) is 71.4. The van der Waals surface area contributed by atoms with E-state index in [9.17, 15) is 29.1 Å². The molecular formula is C110H90Cl3NO33. The first-order valence-corrected chi connectivity index (χ1v) is 47.0. The number of halogens is 3. The summed E-state index contributed by atoms with van der Waals surface area (Å²) in [4.78, 5) is 181. The number of hydrogen-bond acceptors (Lipinski definition) is 34. The summed E-state index contributed by atoms with van der Waals surface area (Å²) in [6.07, 6.45) is -43.1. The van der Waals surface area contributed by atoms with Crippen LogP contribution in [0.2, 0.25) is 0 Å². The summed E-state index contributed by atoms with van der Waals surface area (Å²) in [5.41, 5.74) is -1.55. The van der Waals surface area contributed by atoms with Crippen LogP contribution in [0.25, 0.3) is 0 Å². The highest BCUT2D eigenvalue weighted by Crippen LogP contribution is 2.41. The Morgan fingerprint density at radius 2 is 0.340 bits per heavy atom. The van der Waals surface area contributed by atoms with E-state index >= 15 is 33.6 Å². The zero-order valence-corrected chi connectivity index (χ0v) is 79.4. The number of hydrogen-bond donors (Lipinski definition) is 2. The number of aliphatic hydroxyl groups excluding tert-OH is 1. The van der Waals surface area contributed by atoms with Gasteiger partial charge in [-0.3, -0.25) is 5.41 Å². The third-order valence-corrected chi connectivity index (χ3v) is 23.9. The molecule has 4 heterocycles. The summed E-state index contributed by atoms with van der Waals surface area (Å²) in [6.45, 7) is -4.49. The largest absolute Gasteiger partial charge is 0.452 e. The van der Waals surface area contributed by atoms with Gasteiger partial charge in [-0.15, -0.1) is 0 Å². The molecule has 0 aliphatic carbocycles. The molecular weight excluding hydrogens is 1970 g/mol. The number of carbonyl (C=O) groups excluding carboxylic acids is 12. The van der Waals surface area contributed by atoms with Gasteiger partial charge in [-0.25, -0.2) is 57.5 Å². The molecule has 0 amide bonds. The molecule has 12 aromatic rings. The van der Waals surface area contributed by atoms with E-state index in [4.69, 9.17) is 135 Å². The summed E-state index contributed by atoms with van der Waals surface area (Å²) < 4.78 is 128. The average molecular weight is 2060 g/mol. The maximum atomic E-state index is 15.5. The van der Waals surface area contributed by atoms with Gasteiger partial charge in [0.05, 0.1) is 93.2 Å². The Bertz CT molecular complexity index is 6510. The second kappa shape index (κ2) is 49.7. The first-order valence-electron chi connectivity index (χ1n) is 45.9. The van der Waals surface area contributed by atoms with Crippen molar-refractivity contribution in [2.45, 2.75) is 127 Å². The Balaban J connectivity index is 0.854. The molecule has 4 fully saturated rings. The van der Waals surface area contributed by atoms with Crippen LogP contribution in [0.5, 0.6) is 0 Å². The smallest absolute Gasteiger partial charge is 0.338 e. The molecule has 37 heteroatoms. The number of esters is 12. The second-order valence-electron chi connectivity index (χ2n) is 33.1. The summed E-state index contributed by atoms with van der Waals surface area (Å²) >= 11 is 19.1. The van der Waals surface area contributed by atoms with Gasteiger partial charge >= 0.3 is 71.6 Å². The maximum absolute atomic E-state index is 15.5. The van der Waals surface area contributed by atoms with Gasteiger partial charge in [0.2, 0.25) is 18.3 Å². The number of ether oxygens (including phenoxy) is 20. The Kier molecular flexibility index (Phi) is 35.2. The van der Waals surface area contributed by atoms with Crippen LogP contribution in [0.4, 0.5) is 0 Å². The van der Waals surface area contributed by atoms with E-state index in [1.54, 1.807) is 72.8 Å². The van der Waals surface area contributed by atoms with Crippen molar-refractivity contribution >= 4 is 112 Å². The van der Waals surface area contributed by atoms with Crippen molar-refractivity contribution in [2.24, 2.45) is 0 Å². The molecule has 0 radical (unpaired) electrons. The highest BCUT2D eigenvalue weighted by atomic mass is 35.6. The van der Waals surface area contributed by atoms with Gasteiger partial charge < -0.3 is 99.8 Å². The van der Waals surface area contributed by atoms with Gasteiger partial charge in [-0.2, -0.15) is 0 Å². The van der Waals surface area contributed by atoms with Crippen LogP contribution < -0.4 is 0 Å². The van der Waals surface area contributed by atoms with E-state index in [1.165, 1.54) is 291 Å². The quantitative estimate of drug-likeness (QED) is 0.0122. The van der Waals surface area contributed by atoms with Gasteiger partial charge in [0.1, 0.15) is 24.4 Å². The highest BCUT2D eigenvalue weighted by molar-refractivity contribution is 6.76. The molecule has 1 unspecified atom stereocenters. The Hall–Kier alpha value is -15.7. The summed E-state index contributed by atoms with van der Waals surface area (Å²) in [7, 11) is 0. The van der Waals surface area contributed by atoms with Crippen LogP contribution in [-0.4, -0.2) is 236 Å². The van der Waals surface area contributed by atoms with E-state index in [-0.39, 0.29) is 66.8 Å². The van der Waals surface area contributed by atoms with Gasteiger partial charge in [-0.1, -0.05) is 253 Å². The summed E-state index contributed by atoms with van der Waals surface area (Å²) in [6, 6.07) is 87.8. The highest BCUT2D eigenvalue weighted by Gasteiger charge is 2.61. The lowest BCUT2D eigenvalue weighted by molar-refractivity contribution is -0.343. The fourth-order valence-electron chi connectivity index (χ4n) is 16.1. The predicted octanol–water partition coefficient (Wildman–Crippen LogP) is 15.0. The molecule has 0 saturated carbocycles. The first kappa shape index (κ1) is 104. The lowest BCUT2D eigenvalue weighted by Crippen LogP contribution is -2.66. The molecule has 16 rings (SSSR count). The van der Waals surface area contributed by atoms with Gasteiger partial charge in [-0.05, 0) is 146 Å². The number of aliphatic hydroxyl groups is 1. The van der Waals surface area contributed by atoms with Crippen molar-refractivity contribution in [2.75, 3.05) is 26.4 Å². The minimum Gasteiger partial charge on any atom is -0.452 e. The van der Waals surface area contributed by atoms with Crippen LogP contribution >= 0.6 is 34.8 Å². The number of nitrogens with one attached hydrogen (secondary N) is 1. The third kappa shape index (κ3) is 26.7. The molecule has 34 nitrogen and oxygen atoms in total. The minimum absolute atomic E-state index is 0.0305. The fourth-order valence-corrected chi connectivity index (χ4v) is 16.2. The van der Waals surface area contributed by atoms with E-state index in [0.717, 1.165) is 0 Å². The molecule has 4 aliphatic heterocycles. The standard InChI is InChI=1S/C110H90Cl3NO33/c111-110(112,113)109(114)147-108-92(146-104(127)76-59-35-12-36-60-76)88(142-100(123)72-51-27-8-28-52-72)84(138-96(119)68-43-19-4-20-44-68)80(134-108)64-130-107-91(145-103(126)75-57-33-11-34-58-75)87(141-99(122)71-49-25-7-26-50-71)83(137-95(118)67-41-17-3-18-42-67)79(133-107)63-129-106-90(144-102(125)74-55-31-10-32-56-74)86(140-98(121)70-47-23-6-24-48-70)82(136-94(117)66-39-15-2-16-40-66)78(132-106)62-128-105-89(143-101(124)73-53-29-9-30-54-73)85(139-97(120)69-45-21-5-22-46-69)81(77(61-115)131-105)135-93(116)65-37-13-1-14-38-65/h1-60,77-92,105-108,114-115H,61-64H2/t77-,78-,79-,80-,81-,82-,83-,84-,85+,86+,87+,88+,89-,90-,91-,92-,105-,106-,107-,108?/m1/s1. The molecule has 754 valence electrons. The van der Waals surface area contributed by atoms with E-state index in [1.807, 2.05) is 0 Å². The molecule has 12 aromatic carbocycles. The second-order valence-corrected chi connectivity index (χ2v) is 35.4. The van der Waals surface area contributed by atoms with E-state index in [2.05, 4.69) is 0 Å². The number of carbonyl (C=O) groups is 12. The zero-order chi connectivity index (χ0) is 103. The van der Waals surface area contributed by atoms with Crippen molar-refractivity contribution in [3.8, 4) is 0 Å². The van der Waals surface area contributed by atoms with Crippen LogP contribution in [0.1, 0.15) is 124 Å². The molecule has 4 aliphatic rings. The van der Waals surface area contributed by atoms with Gasteiger partial charge in [0.15, 0.2) is 86.0 Å². The Morgan fingerprint density at radius 1 is 0.204 bits per heavy atom. The zero-order valence-electron chi connectivity index (χ0n) is 77.2. The van der Waals surface area contributed by atoms with Crippen molar-refractivity contribution in [3.63, 3.8) is 0 Å². The third-order valence-electron chi connectivity index (χ3n) is 23.3. The molecule has 0 spiro atoms. The minimum atomic E-state index is -2.75. The molecule has 2 N–H and O–H groups in total. The number of alkyl halides is 3. The van der Waals surface area contributed by atoms with Crippen molar-refractivity contribution in [1.29, 1.82) is 5.41 Å². The van der Waals surface area contributed by atoms with Crippen molar-refractivity contribution in [1.82, 2.24) is 0 Å². The van der Waals surface area contributed by atoms with Crippen LogP contribution in [0.3, 0.4) is 0 Å². The van der Waals surface area contributed by atoms with E-state index < -0.39 is 231 Å². The SMILES string of the molecule is N=C(OC1O[C@H](CO[C@@H]2O[C@H](CO[C@@H]3O[C@H](CO[C@@H]4O[C@H](CO)[C@@H](OC(=O)c5ccccc5)[C@H](OC(=O)c5ccccc5)[C@H]4OC(=O)c4ccccc4)[C@@H](OC(=O)c4ccccc4)[C@H](OC(=O)c4ccccc4)[C@H]3OC(=O)c3ccccc3)[C@@H](OC(=O)c3ccccc3)[C@H](OC(=O)c3ccccc3)[C@H]2OC(=O)c2ccccc2)[C@@H](OC(=O)c2ccccc2)[C@H](OC(=O)c2ccccc2)[C@H]1OC(=O)c1ccccc1)C(Cl)(Cl)Cl. The molecule has 0 bridgehead atoms.